The van der Waals surface area contributed by atoms with Gasteiger partial charge in [-0.25, -0.2) is 0 Å². The van der Waals surface area contributed by atoms with Crippen LogP contribution in [0.25, 0.3) is 0 Å². The molecule has 1 atom stereocenters. The number of hydrogen-bond acceptors (Lipinski definition) is 2. The zero-order chi connectivity index (χ0) is 16.5. The van der Waals surface area contributed by atoms with Crippen LogP contribution in [0.3, 0.4) is 0 Å². The van der Waals surface area contributed by atoms with Gasteiger partial charge in [-0.05, 0) is 37.3 Å². The van der Waals surface area contributed by atoms with E-state index in [1.807, 2.05) is 0 Å². The van der Waals surface area contributed by atoms with Crippen molar-refractivity contribution in [3.63, 3.8) is 0 Å². The first-order valence-corrected chi connectivity index (χ1v) is 8.53. The second-order valence-corrected chi connectivity index (χ2v) is 7.41. The summed E-state index contributed by atoms with van der Waals surface area (Å²) in [5.74, 6) is 0.594. The molecule has 1 saturated heterocycles. The molecule has 3 rings (SSSR count). The van der Waals surface area contributed by atoms with Gasteiger partial charge in [-0.1, -0.05) is 74.5 Å². The van der Waals surface area contributed by atoms with Crippen LogP contribution < -0.4 is 5.32 Å². The van der Waals surface area contributed by atoms with E-state index in [-0.39, 0.29) is 11.8 Å². The van der Waals surface area contributed by atoms with E-state index in [1.165, 1.54) is 11.1 Å². The molecule has 2 aromatic rings. The van der Waals surface area contributed by atoms with Gasteiger partial charge in [0.2, 0.25) is 0 Å². The highest BCUT2D eigenvalue weighted by Crippen LogP contribution is 2.46. The van der Waals surface area contributed by atoms with Crippen molar-refractivity contribution in [2.75, 3.05) is 0 Å². The van der Waals surface area contributed by atoms with Crippen LogP contribution >= 0.6 is 0 Å². The lowest BCUT2D eigenvalue weighted by atomic mass is 9.78. The Kier molecular flexibility index (Phi) is 4.31. The van der Waals surface area contributed by atoms with E-state index in [2.05, 4.69) is 93.7 Å². The quantitative estimate of drug-likeness (QED) is 0.884. The Labute approximate surface area is 139 Å². The first kappa shape index (κ1) is 16.2. The van der Waals surface area contributed by atoms with E-state index in [4.69, 9.17) is 4.74 Å². The Morgan fingerprint density at radius 1 is 0.913 bits per heavy atom. The Hall–Kier alpha value is -1.64. The molecule has 1 aliphatic heterocycles. The van der Waals surface area contributed by atoms with Crippen LogP contribution in [0.4, 0.5) is 0 Å². The van der Waals surface area contributed by atoms with Crippen LogP contribution in [-0.4, -0.2) is 11.8 Å². The van der Waals surface area contributed by atoms with Crippen LogP contribution in [-0.2, 0) is 10.3 Å². The SMILES string of the molecule is CC(C)C[C@@H]1NC(C)(C)OC1(c1ccccc1)c1ccccc1. The van der Waals surface area contributed by atoms with Crippen molar-refractivity contribution in [2.24, 2.45) is 5.92 Å². The average molecular weight is 309 g/mol. The Morgan fingerprint density at radius 3 is 1.83 bits per heavy atom. The molecule has 23 heavy (non-hydrogen) atoms. The summed E-state index contributed by atoms with van der Waals surface area (Å²) < 4.78 is 6.71. The summed E-state index contributed by atoms with van der Waals surface area (Å²) in [4.78, 5) is 0. The monoisotopic (exact) mass is 309 g/mol. The molecule has 2 nitrogen and oxygen atoms in total. The molecule has 0 spiro atoms. The van der Waals surface area contributed by atoms with Crippen LogP contribution in [0.1, 0.15) is 45.2 Å². The normalized spacial score (nSPS) is 22.4. The minimum Gasteiger partial charge on any atom is -0.344 e. The van der Waals surface area contributed by atoms with Crippen LogP contribution in [0.5, 0.6) is 0 Å². The minimum absolute atomic E-state index is 0.238. The molecule has 0 unspecified atom stereocenters. The minimum atomic E-state index is -0.448. The average Bonchev–Trinajstić information content (AvgIpc) is 2.80. The molecule has 2 heteroatoms. The molecule has 0 radical (unpaired) electrons. The fraction of sp³-hybridized carbons (Fsp3) is 0.429. The predicted molar refractivity (Wildman–Crippen MR) is 95.2 cm³/mol. The largest absolute Gasteiger partial charge is 0.344 e. The van der Waals surface area contributed by atoms with Crippen molar-refractivity contribution in [2.45, 2.75) is 51.5 Å². The van der Waals surface area contributed by atoms with E-state index < -0.39 is 5.60 Å². The lowest BCUT2D eigenvalue weighted by molar-refractivity contribution is -0.0753. The summed E-state index contributed by atoms with van der Waals surface area (Å²) in [5.41, 5.74) is 1.63. The van der Waals surface area contributed by atoms with Crippen molar-refractivity contribution in [3.05, 3.63) is 71.8 Å². The predicted octanol–water partition coefficient (Wildman–Crippen LogP) is 4.70. The topological polar surface area (TPSA) is 21.3 Å². The zero-order valence-electron chi connectivity index (χ0n) is 14.5. The third kappa shape index (κ3) is 3.06. The molecule has 0 aliphatic carbocycles. The van der Waals surface area contributed by atoms with Gasteiger partial charge in [0.1, 0.15) is 11.3 Å². The van der Waals surface area contributed by atoms with E-state index in [0.717, 1.165) is 6.42 Å². The molecule has 1 aliphatic rings. The molecule has 1 heterocycles. The fourth-order valence-electron chi connectivity index (χ4n) is 3.78. The van der Waals surface area contributed by atoms with Crippen molar-refractivity contribution >= 4 is 0 Å². The molecular formula is C21H27NO. The standard InChI is InChI=1S/C21H27NO/c1-16(2)15-19-21(23-20(3,4)22-19,17-11-7-5-8-12-17)18-13-9-6-10-14-18/h5-14,16,19,22H,15H2,1-4H3/t19-/m0/s1. The third-order valence-corrected chi connectivity index (χ3v) is 4.54. The van der Waals surface area contributed by atoms with Crippen LogP contribution in [0.15, 0.2) is 60.7 Å². The summed E-state index contributed by atoms with van der Waals surface area (Å²) in [5, 5.41) is 3.73. The van der Waals surface area contributed by atoms with Gasteiger partial charge in [0, 0.05) is 6.04 Å². The van der Waals surface area contributed by atoms with E-state index in [1.54, 1.807) is 0 Å². The molecule has 1 N–H and O–H groups in total. The highest BCUT2D eigenvalue weighted by Gasteiger charge is 2.53. The molecule has 0 bridgehead atoms. The smallest absolute Gasteiger partial charge is 0.136 e. The number of benzene rings is 2. The van der Waals surface area contributed by atoms with Gasteiger partial charge in [-0.2, -0.15) is 0 Å². The zero-order valence-corrected chi connectivity index (χ0v) is 14.5. The van der Waals surface area contributed by atoms with Crippen molar-refractivity contribution < 1.29 is 4.74 Å². The molecule has 0 saturated carbocycles. The Morgan fingerprint density at radius 2 is 1.39 bits per heavy atom. The van der Waals surface area contributed by atoms with Gasteiger partial charge in [0.25, 0.3) is 0 Å². The lowest BCUT2D eigenvalue weighted by Crippen LogP contribution is -2.44. The fourth-order valence-corrected chi connectivity index (χ4v) is 3.78. The number of ether oxygens (including phenoxy) is 1. The van der Waals surface area contributed by atoms with Gasteiger partial charge >= 0.3 is 0 Å². The number of nitrogens with one attached hydrogen (secondary N) is 1. The second kappa shape index (κ2) is 6.10. The van der Waals surface area contributed by atoms with Crippen molar-refractivity contribution in [1.82, 2.24) is 5.32 Å². The lowest BCUT2D eigenvalue weighted by Gasteiger charge is -2.36. The number of hydrogen-bond donors (Lipinski definition) is 1. The van der Waals surface area contributed by atoms with Gasteiger partial charge in [0.05, 0.1) is 0 Å². The summed E-state index contributed by atoms with van der Waals surface area (Å²) >= 11 is 0. The van der Waals surface area contributed by atoms with Gasteiger partial charge in [0.15, 0.2) is 0 Å². The molecule has 122 valence electrons. The molecular weight excluding hydrogens is 282 g/mol. The summed E-state index contributed by atoms with van der Waals surface area (Å²) in [7, 11) is 0. The summed E-state index contributed by atoms with van der Waals surface area (Å²) in [6, 6.07) is 21.5. The molecule has 0 amide bonds. The summed E-state index contributed by atoms with van der Waals surface area (Å²) in [6.45, 7) is 8.78. The summed E-state index contributed by atoms with van der Waals surface area (Å²) in [6.07, 6.45) is 1.06. The Balaban J connectivity index is 2.18. The first-order valence-electron chi connectivity index (χ1n) is 8.53. The first-order chi connectivity index (χ1) is 10.9. The van der Waals surface area contributed by atoms with E-state index in [9.17, 15) is 0 Å². The molecule has 1 fully saturated rings. The van der Waals surface area contributed by atoms with E-state index in [0.29, 0.717) is 5.92 Å². The van der Waals surface area contributed by atoms with E-state index >= 15 is 0 Å². The van der Waals surface area contributed by atoms with Crippen molar-refractivity contribution in [3.8, 4) is 0 Å². The third-order valence-electron chi connectivity index (χ3n) is 4.54. The van der Waals surface area contributed by atoms with Crippen LogP contribution in [0, 0.1) is 5.92 Å². The van der Waals surface area contributed by atoms with Gasteiger partial charge in [-0.3, -0.25) is 5.32 Å². The second-order valence-electron chi connectivity index (χ2n) is 7.41. The maximum absolute atomic E-state index is 6.71. The van der Waals surface area contributed by atoms with Gasteiger partial charge in [-0.15, -0.1) is 0 Å². The highest BCUT2D eigenvalue weighted by atomic mass is 16.6. The maximum atomic E-state index is 6.71. The van der Waals surface area contributed by atoms with Crippen LogP contribution in [0.2, 0.25) is 0 Å². The Bertz CT molecular complexity index is 594. The van der Waals surface area contributed by atoms with Crippen molar-refractivity contribution in [1.29, 1.82) is 0 Å². The number of rotatable bonds is 4. The van der Waals surface area contributed by atoms with Gasteiger partial charge < -0.3 is 4.74 Å². The highest BCUT2D eigenvalue weighted by molar-refractivity contribution is 5.40. The maximum Gasteiger partial charge on any atom is 0.136 e. The molecule has 2 aromatic carbocycles. The molecule has 0 aromatic heterocycles.